The van der Waals surface area contributed by atoms with Gasteiger partial charge in [-0.1, -0.05) is 13.0 Å². The second kappa shape index (κ2) is 4.04. The zero-order valence-electron chi connectivity index (χ0n) is 9.01. The monoisotopic (exact) mass is 222 g/mol. The third-order valence-electron chi connectivity index (χ3n) is 2.87. The number of phenols is 1. The molecule has 1 aliphatic heterocycles. The lowest BCUT2D eigenvalue weighted by molar-refractivity contribution is -0.141. The van der Waals surface area contributed by atoms with E-state index in [1.165, 1.54) is 0 Å². The molecule has 1 aromatic carbocycles. The Morgan fingerprint density at radius 2 is 2.38 bits per heavy atom. The fourth-order valence-electron chi connectivity index (χ4n) is 1.95. The molecule has 0 aliphatic carbocycles. The van der Waals surface area contributed by atoms with Gasteiger partial charge in [0, 0.05) is 12.0 Å². The van der Waals surface area contributed by atoms with Crippen molar-refractivity contribution in [3.8, 4) is 11.5 Å². The standard InChI is InChI=1S/C12H14O4/c1-7(12(14)15)5-8-6-9-10(13)3-2-4-11(9)16-8/h2-4,7-8,13H,5-6H2,1H3,(H,14,15). The van der Waals surface area contributed by atoms with Crippen molar-refractivity contribution in [2.24, 2.45) is 5.92 Å². The van der Waals surface area contributed by atoms with Crippen LogP contribution in [0.25, 0.3) is 0 Å². The summed E-state index contributed by atoms with van der Waals surface area (Å²) in [6.07, 6.45) is 0.901. The van der Waals surface area contributed by atoms with E-state index in [9.17, 15) is 9.90 Å². The zero-order valence-corrected chi connectivity index (χ0v) is 9.01. The van der Waals surface area contributed by atoms with Gasteiger partial charge in [0.05, 0.1) is 5.92 Å². The number of carboxylic acid groups (broad SMARTS) is 1. The number of ether oxygens (including phenoxy) is 1. The second-order valence-electron chi connectivity index (χ2n) is 4.17. The third-order valence-corrected chi connectivity index (χ3v) is 2.87. The highest BCUT2D eigenvalue weighted by atomic mass is 16.5. The molecule has 86 valence electrons. The van der Waals surface area contributed by atoms with E-state index in [1.54, 1.807) is 25.1 Å². The first kappa shape index (κ1) is 10.8. The minimum Gasteiger partial charge on any atom is -0.508 e. The van der Waals surface area contributed by atoms with Gasteiger partial charge in [-0.25, -0.2) is 0 Å². The van der Waals surface area contributed by atoms with Crippen molar-refractivity contribution in [1.82, 2.24) is 0 Å². The first-order valence-corrected chi connectivity index (χ1v) is 5.28. The van der Waals surface area contributed by atoms with Gasteiger partial charge >= 0.3 is 5.97 Å². The maximum Gasteiger partial charge on any atom is 0.306 e. The molecule has 0 aromatic heterocycles. The molecule has 4 nitrogen and oxygen atoms in total. The summed E-state index contributed by atoms with van der Waals surface area (Å²) in [5.41, 5.74) is 0.782. The lowest BCUT2D eigenvalue weighted by Crippen LogP contribution is -2.21. The topological polar surface area (TPSA) is 66.8 Å². The zero-order chi connectivity index (χ0) is 11.7. The van der Waals surface area contributed by atoms with E-state index in [4.69, 9.17) is 9.84 Å². The van der Waals surface area contributed by atoms with Crippen molar-refractivity contribution in [1.29, 1.82) is 0 Å². The molecule has 2 atom stereocenters. The number of aliphatic carboxylic acids is 1. The number of benzene rings is 1. The van der Waals surface area contributed by atoms with Crippen LogP contribution < -0.4 is 4.74 Å². The average Bonchev–Trinajstić information content (AvgIpc) is 2.61. The maximum atomic E-state index is 10.7. The molecular weight excluding hydrogens is 208 g/mol. The number of carbonyl (C=O) groups is 1. The molecule has 0 amide bonds. The smallest absolute Gasteiger partial charge is 0.306 e. The van der Waals surface area contributed by atoms with Gasteiger partial charge in [0.25, 0.3) is 0 Å². The summed E-state index contributed by atoms with van der Waals surface area (Å²) >= 11 is 0. The highest BCUT2D eigenvalue weighted by molar-refractivity contribution is 5.69. The van der Waals surface area contributed by atoms with Crippen LogP contribution in [0.2, 0.25) is 0 Å². The van der Waals surface area contributed by atoms with Crippen LogP contribution in [0.15, 0.2) is 18.2 Å². The highest BCUT2D eigenvalue weighted by Gasteiger charge is 2.28. The Hall–Kier alpha value is -1.71. The van der Waals surface area contributed by atoms with Gasteiger partial charge in [-0.15, -0.1) is 0 Å². The molecule has 16 heavy (non-hydrogen) atoms. The van der Waals surface area contributed by atoms with Crippen molar-refractivity contribution < 1.29 is 19.7 Å². The summed E-state index contributed by atoms with van der Waals surface area (Å²) in [5.74, 6) is -0.351. The van der Waals surface area contributed by atoms with Crippen LogP contribution in [-0.4, -0.2) is 22.3 Å². The molecule has 4 heteroatoms. The summed E-state index contributed by atoms with van der Waals surface area (Å²) in [6, 6.07) is 5.13. The van der Waals surface area contributed by atoms with Gasteiger partial charge in [-0.05, 0) is 18.6 Å². The Balaban J connectivity index is 2.06. The first-order chi connectivity index (χ1) is 7.58. The average molecular weight is 222 g/mol. The normalized spacial score (nSPS) is 19.9. The van der Waals surface area contributed by atoms with E-state index >= 15 is 0 Å². The predicted octanol–water partition coefficient (Wildman–Crippen LogP) is 1.81. The lowest BCUT2D eigenvalue weighted by Gasteiger charge is -2.12. The quantitative estimate of drug-likeness (QED) is 0.818. The SMILES string of the molecule is CC(CC1Cc2c(O)cccc2O1)C(=O)O. The van der Waals surface area contributed by atoms with Crippen LogP contribution in [0.4, 0.5) is 0 Å². The number of aromatic hydroxyl groups is 1. The van der Waals surface area contributed by atoms with E-state index in [2.05, 4.69) is 0 Å². The van der Waals surface area contributed by atoms with E-state index in [1.807, 2.05) is 0 Å². The Labute approximate surface area is 93.5 Å². The Morgan fingerprint density at radius 1 is 1.62 bits per heavy atom. The van der Waals surface area contributed by atoms with Crippen molar-refractivity contribution in [3.05, 3.63) is 23.8 Å². The molecule has 0 radical (unpaired) electrons. The molecule has 0 saturated heterocycles. The van der Waals surface area contributed by atoms with Crippen molar-refractivity contribution in [2.75, 3.05) is 0 Å². The molecule has 0 spiro atoms. The number of hydrogen-bond donors (Lipinski definition) is 2. The lowest BCUT2D eigenvalue weighted by atomic mass is 10.00. The maximum absolute atomic E-state index is 10.7. The van der Waals surface area contributed by atoms with Crippen LogP contribution in [0.1, 0.15) is 18.9 Å². The summed E-state index contributed by atoms with van der Waals surface area (Å²) in [6.45, 7) is 1.66. The Bertz CT molecular complexity index is 413. The summed E-state index contributed by atoms with van der Waals surface area (Å²) < 4.78 is 5.59. The number of carboxylic acids is 1. The van der Waals surface area contributed by atoms with E-state index in [0.29, 0.717) is 18.6 Å². The molecule has 1 aliphatic rings. The van der Waals surface area contributed by atoms with Crippen molar-refractivity contribution in [3.63, 3.8) is 0 Å². The van der Waals surface area contributed by atoms with Crippen molar-refractivity contribution >= 4 is 5.97 Å². The van der Waals surface area contributed by atoms with Gasteiger partial charge in [0.2, 0.25) is 0 Å². The predicted molar refractivity (Wildman–Crippen MR) is 57.6 cm³/mol. The largest absolute Gasteiger partial charge is 0.508 e. The number of phenolic OH excluding ortho intramolecular Hbond substituents is 1. The minimum absolute atomic E-state index is 0.144. The summed E-state index contributed by atoms with van der Waals surface area (Å²) in [5, 5.41) is 18.4. The molecule has 1 heterocycles. The number of rotatable bonds is 3. The molecule has 2 N–H and O–H groups in total. The molecule has 1 aromatic rings. The van der Waals surface area contributed by atoms with Gasteiger partial charge in [0.1, 0.15) is 17.6 Å². The van der Waals surface area contributed by atoms with Gasteiger partial charge < -0.3 is 14.9 Å². The van der Waals surface area contributed by atoms with Gasteiger partial charge in [0.15, 0.2) is 0 Å². The molecule has 2 unspecified atom stereocenters. The fraction of sp³-hybridized carbons (Fsp3) is 0.417. The second-order valence-corrected chi connectivity index (χ2v) is 4.17. The van der Waals surface area contributed by atoms with E-state index < -0.39 is 11.9 Å². The molecular formula is C12H14O4. The summed E-state index contributed by atoms with van der Waals surface area (Å²) in [7, 11) is 0. The first-order valence-electron chi connectivity index (χ1n) is 5.28. The Morgan fingerprint density at radius 3 is 3.00 bits per heavy atom. The molecule has 2 rings (SSSR count). The van der Waals surface area contributed by atoms with Gasteiger partial charge in [-0.2, -0.15) is 0 Å². The van der Waals surface area contributed by atoms with Crippen LogP contribution in [-0.2, 0) is 11.2 Å². The van der Waals surface area contributed by atoms with Gasteiger partial charge in [-0.3, -0.25) is 4.79 Å². The van der Waals surface area contributed by atoms with Crippen LogP contribution >= 0.6 is 0 Å². The molecule has 0 saturated carbocycles. The van der Waals surface area contributed by atoms with Crippen LogP contribution in [0.5, 0.6) is 11.5 Å². The van der Waals surface area contributed by atoms with Crippen LogP contribution in [0, 0.1) is 5.92 Å². The van der Waals surface area contributed by atoms with Crippen molar-refractivity contribution in [2.45, 2.75) is 25.9 Å². The third kappa shape index (κ3) is 1.96. The van der Waals surface area contributed by atoms with E-state index in [0.717, 1.165) is 5.56 Å². The molecule has 0 fully saturated rings. The minimum atomic E-state index is -0.816. The van der Waals surface area contributed by atoms with E-state index in [-0.39, 0.29) is 11.9 Å². The highest BCUT2D eigenvalue weighted by Crippen LogP contribution is 2.36. The Kier molecular flexibility index (Phi) is 2.73. The summed E-state index contributed by atoms with van der Waals surface area (Å²) in [4.78, 5) is 10.7. The number of hydrogen-bond acceptors (Lipinski definition) is 3. The van der Waals surface area contributed by atoms with Crippen LogP contribution in [0.3, 0.4) is 0 Å². The molecule has 0 bridgehead atoms. The number of fused-ring (bicyclic) bond motifs is 1. The fourth-order valence-corrected chi connectivity index (χ4v) is 1.95.